The lowest BCUT2D eigenvalue weighted by molar-refractivity contribution is 0.127. The van der Waals surface area contributed by atoms with Crippen molar-refractivity contribution in [2.24, 2.45) is 5.41 Å². The first-order valence-electron chi connectivity index (χ1n) is 6.96. The van der Waals surface area contributed by atoms with Crippen molar-refractivity contribution in [2.75, 3.05) is 18.5 Å². The molecule has 1 rings (SSSR count). The highest BCUT2D eigenvalue weighted by molar-refractivity contribution is 6.30. The van der Waals surface area contributed by atoms with Crippen molar-refractivity contribution in [1.82, 2.24) is 9.97 Å². The molecule has 0 bridgehead atoms. The van der Waals surface area contributed by atoms with E-state index in [2.05, 4.69) is 36.1 Å². The van der Waals surface area contributed by atoms with E-state index in [9.17, 15) is 5.11 Å². The Morgan fingerprint density at radius 3 is 2.47 bits per heavy atom. The largest absolute Gasteiger partial charge is 0.396 e. The van der Waals surface area contributed by atoms with Gasteiger partial charge >= 0.3 is 0 Å². The first-order chi connectivity index (χ1) is 9.12. The molecule has 0 aromatic carbocycles. The van der Waals surface area contributed by atoms with E-state index in [-0.39, 0.29) is 12.0 Å². The second-order valence-corrected chi connectivity index (χ2v) is 5.32. The van der Waals surface area contributed by atoms with Gasteiger partial charge in [-0.1, -0.05) is 38.8 Å². The number of rotatable bonds is 8. The molecule has 0 saturated heterocycles. The molecular formula is C14H24ClN3O. The zero-order valence-corrected chi connectivity index (χ0v) is 12.8. The molecular weight excluding hydrogens is 262 g/mol. The van der Waals surface area contributed by atoms with E-state index < -0.39 is 0 Å². The quantitative estimate of drug-likeness (QED) is 0.720. The molecule has 0 atom stereocenters. The minimum absolute atomic E-state index is 0.0963. The molecule has 0 fully saturated rings. The van der Waals surface area contributed by atoms with Crippen LogP contribution in [0.3, 0.4) is 0 Å². The van der Waals surface area contributed by atoms with Crippen LogP contribution in [0.5, 0.6) is 0 Å². The number of aliphatic hydroxyl groups excluding tert-OH is 1. The topological polar surface area (TPSA) is 58.0 Å². The number of halogens is 1. The average molecular weight is 286 g/mol. The first-order valence-corrected chi connectivity index (χ1v) is 7.34. The Labute approximate surface area is 120 Å². The maximum absolute atomic E-state index is 9.58. The highest BCUT2D eigenvalue weighted by Gasteiger charge is 2.25. The molecule has 4 nitrogen and oxygen atoms in total. The molecule has 1 heterocycles. The van der Waals surface area contributed by atoms with Crippen molar-refractivity contribution in [1.29, 1.82) is 0 Å². The Morgan fingerprint density at radius 1 is 1.26 bits per heavy atom. The van der Waals surface area contributed by atoms with Gasteiger partial charge in [-0.25, -0.2) is 9.97 Å². The third-order valence-corrected chi connectivity index (χ3v) is 4.18. The van der Waals surface area contributed by atoms with Gasteiger partial charge in [0.1, 0.15) is 17.3 Å². The normalized spacial score (nSPS) is 11.6. The number of nitrogens with one attached hydrogen (secondary N) is 1. The van der Waals surface area contributed by atoms with Gasteiger partial charge in [-0.15, -0.1) is 0 Å². The predicted octanol–water partition coefficient (Wildman–Crippen LogP) is 3.29. The smallest absolute Gasteiger partial charge is 0.137 e. The van der Waals surface area contributed by atoms with Crippen LogP contribution in [0.15, 0.2) is 6.33 Å². The van der Waals surface area contributed by atoms with E-state index in [1.807, 2.05) is 0 Å². The number of hydrogen-bond donors (Lipinski definition) is 2. The van der Waals surface area contributed by atoms with Crippen LogP contribution in [-0.2, 0) is 6.42 Å². The van der Waals surface area contributed by atoms with E-state index in [0.29, 0.717) is 11.7 Å². The second kappa shape index (κ2) is 7.65. The molecule has 0 spiro atoms. The summed E-state index contributed by atoms with van der Waals surface area (Å²) in [7, 11) is 0. The molecule has 0 unspecified atom stereocenters. The van der Waals surface area contributed by atoms with Crippen LogP contribution in [0, 0.1) is 5.41 Å². The number of aliphatic hydroxyl groups is 1. The fourth-order valence-corrected chi connectivity index (χ4v) is 2.29. The number of aromatic nitrogens is 2. The summed E-state index contributed by atoms with van der Waals surface area (Å²) in [6.07, 6.45) is 5.17. The summed E-state index contributed by atoms with van der Waals surface area (Å²) in [6.45, 7) is 7.17. The summed E-state index contributed by atoms with van der Waals surface area (Å²) in [6, 6.07) is 0. The number of nitrogens with zero attached hydrogens (tertiary/aromatic N) is 2. The maximum atomic E-state index is 9.58. The van der Waals surface area contributed by atoms with Gasteiger partial charge in [0.25, 0.3) is 0 Å². The van der Waals surface area contributed by atoms with Gasteiger partial charge in [-0.2, -0.15) is 0 Å². The number of hydrogen-bond acceptors (Lipinski definition) is 4. The monoisotopic (exact) mass is 285 g/mol. The van der Waals surface area contributed by atoms with Crippen molar-refractivity contribution < 1.29 is 5.11 Å². The minimum atomic E-state index is -0.0963. The van der Waals surface area contributed by atoms with Crippen molar-refractivity contribution in [2.45, 2.75) is 46.5 Å². The lowest BCUT2D eigenvalue weighted by Crippen LogP contribution is -2.32. The summed E-state index contributed by atoms with van der Waals surface area (Å²) >= 11 is 6.12. The van der Waals surface area contributed by atoms with Crippen LogP contribution < -0.4 is 5.32 Å². The molecule has 1 aromatic heterocycles. The zero-order valence-electron chi connectivity index (χ0n) is 12.0. The molecule has 0 aliphatic carbocycles. The van der Waals surface area contributed by atoms with Gasteiger partial charge in [0.15, 0.2) is 0 Å². The summed E-state index contributed by atoms with van der Waals surface area (Å²) < 4.78 is 0. The van der Waals surface area contributed by atoms with Crippen molar-refractivity contribution in [3.63, 3.8) is 0 Å². The van der Waals surface area contributed by atoms with E-state index in [4.69, 9.17) is 11.6 Å². The molecule has 19 heavy (non-hydrogen) atoms. The van der Waals surface area contributed by atoms with Gasteiger partial charge < -0.3 is 10.4 Å². The Kier molecular flexibility index (Phi) is 6.52. The Balaban J connectivity index is 2.85. The molecule has 0 amide bonds. The minimum Gasteiger partial charge on any atom is -0.396 e. The maximum Gasteiger partial charge on any atom is 0.137 e. The molecule has 0 saturated carbocycles. The molecule has 108 valence electrons. The molecule has 5 heteroatoms. The van der Waals surface area contributed by atoms with E-state index in [0.717, 1.165) is 37.1 Å². The summed E-state index contributed by atoms with van der Waals surface area (Å²) in [5.41, 5.74) is 0.867. The van der Waals surface area contributed by atoms with Gasteiger partial charge in [-0.3, -0.25) is 0 Å². The van der Waals surface area contributed by atoms with Crippen LogP contribution in [-0.4, -0.2) is 28.2 Å². The average Bonchev–Trinajstić information content (AvgIpc) is 2.44. The van der Waals surface area contributed by atoms with Crippen LogP contribution in [0.2, 0.25) is 5.15 Å². The Morgan fingerprint density at radius 2 is 1.95 bits per heavy atom. The van der Waals surface area contributed by atoms with Crippen LogP contribution in [0.25, 0.3) is 0 Å². The van der Waals surface area contributed by atoms with Crippen molar-refractivity contribution in [3.05, 3.63) is 17.0 Å². The molecule has 1 aromatic rings. The summed E-state index contributed by atoms with van der Waals surface area (Å²) in [4.78, 5) is 8.30. The molecule has 0 aliphatic heterocycles. The van der Waals surface area contributed by atoms with Gasteiger partial charge in [0, 0.05) is 17.5 Å². The van der Waals surface area contributed by atoms with Crippen molar-refractivity contribution in [3.8, 4) is 0 Å². The molecule has 2 N–H and O–H groups in total. The fourth-order valence-electron chi connectivity index (χ4n) is 2.07. The molecule has 0 radical (unpaired) electrons. The Hall–Kier alpha value is -0.870. The van der Waals surface area contributed by atoms with Gasteiger partial charge in [0.2, 0.25) is 0 Å². The van der Waals surface area contributed by atoms with Crippen LogP contribution in [0.1, 0.15) is 45.6 Å². The van der Waals surface area contributed by atoms with E-state index >= 15 is 0 Å². The van der Waals surface area contributed by atoms with Gasteiger partial charge in [-0.05, 0) is 19.3 Å². The first kappa shape index (κ1) is 16.2. The van der Waals surface area contributed by atoms with E-state index in [1.54, 1.807) is 0 Å². The zero-order chi connectivity index (χ0) is 14.3. The lowest BCUT2D eigenvalue weighted by Gasteiger charge is -2.30. The predicted molar refractivity (Wildman–Crippen MR) is 79.6 cm³/mol. The fraction of sp³-hybridized carbons (Fsp3) is 0.714. The van der Waals surface area contributed by atoms with Crippen LogP contribution >= 0.6 is 11.6 Å². The molecule has 0 aliphatic rings. The third-order valence-electron chi connectivity index (χ3n) is 3.86. The third kappa shape index (κ3) is 4.05. The standard InChI is InChI=1S/C14H24ClN3O/c1-4-7-11-12(15)17-10-18-13(11)16-8-14(5-2,6-3)9-19/h10,19H,4-9H2,1-3H3,(H,16,17,18). The highest BCUT2D eigenvalue weighted by atomic mass is 35.5. The lowest BCUT2D eigenvalue weighted by atomic mass is 9.83. The highest BCUT2D eigenvalue weighted by Crippen LogP contribution is 2.28. The van der Waals surface area contributed by atoms with Gasteiger partial charge in [0.05, 0.1) is 6.61 Å². The van der Waals surface area contributed by atoms with E-state index in [1.165, 1.54) is 6.33 Å². The van der Waals surface area contributed by atoms with Crippen LogP contribution in [0.4, 0.5) is 5.82 Å². The number of anilines is 1. The van der Waals surface area contributed by atoms with Crippen molar-refractivity contribution >= 4 is 17.4 Å². The Bertz CT molecular complexity index is 386. The summed E-state index contributed by atoms with van der Waals surface area (Å²) in [5.74, 6) is 0.793. The SMILES string of the molecule is CCCc1c(Cl)ncnc1NCC(CC)(CC)CO. The second-order valence-electron chi connectivity index (χ2n) is 4.96. The summed E-state index contributed by atoms with van der Waals surface area (Å²) in [5, 5.41) is 13.4.